The van der Waals surface area contributed by atoms with E-state index in [1.807, 2.05) is 0 Å². The van der Waals surface area contributed by atoms with Gasteiger partial charge in [0.05, 0.1) is 6.61 Å². The Bertz CT molecular complexity index is 677. The van der Waals surface area contributed by atoms with E-state index in [1.165, 1.54) is 11.1 Å². The fourth-order valence-electron chi connectivity index (χ4n) is 5.47. The molecule has 144 valence electrons. The Morgan fingerprint density at radius 3 is 2.77 bits per heavy atom. The summed E-state index contributed by atoms with van der Waals surface area (Å²) in [5.74, 6) is 1.83. The van der Waals surface area contributed by atoms with Crippen LogP contribution in [0.5, 0.6) is 5.75 Å². The first kappa shape index (κ1) is 18.2. The summed E-state index contributed by atoms with van der Waals surface area (Å²) in [6.45, 7) is 9.70. The van der Waals surface area contributed by atoms with Crippen molar-refractivity contribution in [1.29, 1.82) is 0 Å². The number of hydrogen-bond acceptors (Lipinski definition) is 5. The second-order valence-corrected chi connectivity index (χ2v) is 8.94. The molecule has 1 aromatic rings. The smallest absolute Gasteiger partial charge is 0.123 e. The van der Waals surface area contributed by atoms with Gasteiger partial charge in [-0.05, 0) is 55.8 Å². The van der Waals surface area contributed by atoms with Gasteiger partial charge in [0, 0.05) is 37.7 Å². The van der Waals surface area contributed by atoms with Crippen LogP contribution in [0.1, 0.15) is 44.4 Å². The van der Waals surface area contributed by atoms with Crippen LogP contribution in [0.15, 0.2) is 18.2 Å². The summed E-state index contributed by atoms with van der Waals surface area (Å²) in [6, 6.07) is 6.79. The van der Waals surface area contributed by atoms with Gasteiger partial charge in [0.15, 0.2) is 0 Å². The molecule has 4 rings (SSSR count). The van der Waals surface area contributed by atoms with E-state index in [1.54, 1.807) is 0 Å². The number of fused-ring (bicyclic) bond motifs is 2. The van der Waals surface area contributed by atoms with Crippen LogP contribution < -0.4 is 10.1 Å². The van der Waals surface area contributed by atoms with Gasteiger partial charge in [-0.1, -0.05) is 19.1 Å². The molecule has 0 radical (unpaired) electrons. The highest BCUT2D eigenvalue weighted by Crippen LogP contribution is 2.49. The van der Waals surface area contributed by atoms with Crippen molar-refractivity contribution >= 4 is 0 Å². The minimum Gasteiger partial charge on any atom is -0.487 e. The Morgan fingerprint density at radius 2 is 2.08 bits per heavy atom. The number of nitrogens with zero attached hydrogens (tertiary/aromatic N) is 1. The summed E-state index contributed by atoms with van der Waals surface area (Å²) >= 11 is 0. The Labute approximate surface area is 156 Å². The number of rotatable bonds is 5. The molecule has 4 atom stereocenters. The van der Waals surface area contributed by atoms with Crippen molar-refractivity contribution < 1.29 is 14.9 Å². The van der Waals surface area contributed by atoms with E-state index in [4.69, 9.17) is 4.74 Å². The van der Waals surface area contributed by atoms with Crippen LogP contribution in [0.4, 0.5) is 0 Å². The molecule has 3 aliphatic heterocycles. The zero-order valence-electron chi connectivity index (χ0n) is 16.2. The van der Waals surface area contributed by atoms with Crippen LogP contribution in [0.3, 0.4) is 0 Å². The molecular formula is C21H32N2O3. The lowest BCUT2D eigenvalue weighted by atomic mass is 9.78. The summed E-state index contributed by atoms with van der Waals surface area (Å²) in [4.78, 5) is 2.48. The highest BCUT2D eigenvalue weighted by atomic mass is 16.5. The van der Waals surface area contributed by atoms with Crippen molar-refractivity contribution in [3.05, 3.63) is 29.3 Å². The zero-order valence-corrected chi connectivity index (χ0v) is 16.2. The molecule has 2 fully saturated rings. The van der Waals surface area contributed by atoms with Gasteiger partial charge in [-0.15, -0.1) is 0 Å². The first-order valence-corrected chi connectivity index (χ1v) is 9.95. The van der Waals surface area contributed by atoms with E-state index < -0.39 is 0 Å². The standard InChI is InChI=1S/C21H32N2O3/c1-4-23-11-16-17(12-23)21(13-25,7-8-24)22-19(16)14-5-6-18-15(9-14)10-20(2,3)26-18/h5-6,9,16-17,19,22,24-25H,4,7-8,10-13H2,1-3H3/t16-,17+,19-,21+/m1/s1. The van der Waals surface area contributed by atoms with Gasteiger partial charge < -0.3 is 25.2 Å². The van der Waals surface area contributed by atoms with Gasteiger partial charge >= 0.3 is 0 Å². The van der Waals surface area contributed by atoms with E-state index in [-0.39, 0.29) is 30.4 Å². The molecule has 26 heavy (non-hydrogen) atoms. The Balaban J connectivity index is 1.66. The average molecular weight is 360 g/mol. The Hall–Kier alpha value is -1.14. The van der Waals surface area contributed by atoms with Gasteiger partial charge in [0.2, 0.25) is 0 Å². The number of aliphatic hydroxyl groups is 2. The maximum Gasteiger partial charge on any atom is 0.123 e. The lowest BCUT2D eigenvalue weighted by Crippen LogP contribution is -2.51. The van der Waals surface area contributed by atoms with Crippen LogP contribution in [0.2, 0.25) is 0 Å². The SMILES string of the molecule is CCN1C[C@H]2[C@@H](c3ccc4c(c3)CC(C)(C)O4)N[C@](CO)(CCO)[C@H]2C1. The molecule has 5 nitrogen and oxygen atoms in total. The van der Waals surface area contributed by atoms with Gasteiger partial charge in [0.25, 0.3) is 0 Å². The molecule has 0 bridgehead atoms. The molecule has 3 aliphatic rings. The number of aliphatic hydroxyl groups excluding tert-OH is 2. The minimum absolute atomic E-state index is 0.0733. The quantitative estimate of drug-likeness (QED) is 0.746. The van der Waals surface area contributed by atoms with E-state index in [9.17, 15) is 10.2 Å². The van der Waals surface area contributed by atoms with E-state index in [2.05, 4.69) is 49.2 Å². The van der Waals surface area contributed by atoms with Gasteiger partial charge in [-0.3, -0.25) is 0 Å². The van der Waals surface area contributed by atoms with E-state index >= 15 is 0 Å². The average Bonchev–Trinajstić information content (AvgIpc) is 3.24. The predicted molar refractivity (Wildman–Crippen MR) is 101 cm³/mol. The molecule has 0 unspecified atom stereocenters. The number of hydrogen-bond donors (Lipinski definition) is 3. The maximum atomic E-state index is 10.2. The third-order valence-corrected chi connectivity index (χ3v) is 6.75. The largest absolute Gasteiger partial charge is 0.487 e. The monoisotopic (exact) mass is 360 g/mol. The number of likely N-dealkylation sites (tertiary alicyclic amines) is 1. The first-order valence-electron chi connectivity index (χ1n) is 9.95. The fourth-order valence-corrected chi connectivity index (χ4v) is 5.47. The first-order chi connectivity index (χ1) is 12.4. The van der Waals surface area contributed by atoms with Crippen molar-refractivity contribution in [2.45, 2.75) is 50.8 Å². The molecule has 0 spiro atoms. The van der Waals surface area contributed by atoms with Crippen molar-refractivity contribution in [2.75, 3.05) is 32.8 Å². The van der Waals surface area contributed by atoms with Gasteiger partial charge in [-0.2, -0.15) is 0 Å². The molecule has 0 saturated carbocycles. The van der Waals surface area contributed by atoms with Crippen LogP contribution in [0, 0.1) is 11.8 Å². The van der Waals surface area contributed by atoms with Crippen molar-refractivity contribution in [3.8, 4) is 5.75 Å². The minimum atomic E-state index is -0.386. The summed E-state index contributed by atoms with van der Waals surface area (Å²) in [6.07, 6.45) is 1.53. The molecule has 5 heteroatoms. The summed E-state index contributed by atoms with van der Waals surface area (Å²) in [5.41, 5.74) is 2.04. The number of nitrogens with one attached hydrogen (secondary N) is 1. The van der Waals surface area contributed by atoms with E-state index in [0.717, 1.165) is 31.8 Å². The highest BCUT2D eigenvalue weighted by Gasteiger charge is 2.56. The van der Waals surface area contributed by atoms with Crippen LogP contribution in [0.25, 0.3) is 0 Å². The summed E-state index contributed by atoms with van der Waals surface area (Å²) < 4.78 is 6.03. The predicted octanol–water partition coefficient (Wildman–Crippen LogP) is 1.73. The second kappa shape index (κ2) is 6.48. The van der Waals surface area contributed by atoms with E-state index in [0.29, 0.717) is 18.3 Å². The second-order valence-electron chi connectivity index (χ2n) is 8.94. The molecule has 2 saturated heterocycles. The number of ether oxygens (including phenoxy) is 1. The van der Waals surface area contributed by atoms with Crippen LogP contribution >= 0.6 is 0 Å². The highest BCUT2D eigenvalue weighted by molar-refractivity contribution is 5.43. The van der Waals surface area contributed by atoms with Crippen molar-refractivity contribution in [2.24, 2.45) is 11.8 Å². The van der Waals surface area contributed by atoms with Crippen molar-refractivity contribution in [3.63, 3.8) is 0 Å². The molecular weight excluding hydrogens is 328 g/mol. The summed E-state index contributed by atoms with van der Waals surface area (Å²) in [5, 5.41) is 23.6. The third kappa shape index (κ3) is 2.85. The maximum absolute atomic E-state index is 10.2. The molecule has 0 amide bonds. The van der Waals surface area contributed by atoms with Gasteiger partial charge in [-0.25, -0.2) is 0 Å². The normalized spacial score (nSPS) is 35.3. The topological polar surface area (TPSA) is 65.0 Å². The molecule has 3 N–H and O–H groups in total. The third-order valence-electron chi connectivity index (χ3n) is 6.75. The molecule has 1 aromatic carbocycles. The van der Waals surface area contributed by atoms with Crippen LogP contribution in [-0.2, 0) is 6.42 Å². The lowest BCUT2D eigenvalue weighted by molar-refractivity contribution is 0.0980. The molecule has 0 aliphatic carbocycles. The van der Waals surface area contributed by atoms with Crippen LogP contribution in [-0.4, -0.2) is 59.1 Å². The fraction of sp³-hybridized carbons (Fsp3) is 0.714. The molecule has 0 aromatic heterocycles. The Kier molecular flexibility index (Phi) is 4.55. The summed E-state index contributed by atoms with van der Waals surface area (Å²) in [7, 11) is 0. The Morgan fingerprint density at radius 1 is 1.27 bits per heavy atom. The lowest BCUT2D eigenvalue weighted by Gasteiger charge is -2.34. The molecule has 3 heterocycles. The van der Waals surface area contributed by atoms with Crippen molar-refractivity contribution in [1.82, 2.24) is 10.2 Å². The zero-order chi connectivity index (χ0) is 18.5. The number of benzene rings is 1. The van der Waals surface area contributed by atoms with Gasteiger partial charge in [0.1, 0.15) is 11.4 Å².